The summed E-state index contributed by atoms with van der Waals surface area (Å²) in [5.74, 6) is 0. The van der Waals surface area contributed by atoms with Crippen LogP contribution in [0.25, 0.3) is 17.2 Å². The Balaban J connectivity index is 2.13. The van der Waals surface area contributed by atoms with Gasteiger partial charge in [0.05, 0.1) is 0 Å². The fraction of sp³-hybridized carbons (Fsp3) is 0.263. The quantitative estimate of drug-likeness (QED) is 0.434. The van der Waals surface area contributed by atoms with Gasteiger partial charge >= 0.3 is 0 Å². The van der Waals surface area contributed by atoms with E-state index in [4.69, 9.17) is 0 Å². The van der Waals surface area contributed by atoms with E-state index in [0.29, 0.717) is 0 Å². The van der Waals surface area contributed by atoms with Crippen LogP contribution in [0, 0.1) is 0 Å². The predicted octanol–water partition coefficient (Wildman–Crippen LogP) is 6.14. The van der Waals surface area contributed by atoms with E-state index in [1.165, 1.54) is 45.1 Å². The maximum atomic E-state index is 2.44. The minimum atomic E-state index is 1.18. The standard InChI is InChI=1S/C19H21I/c1-15(2)14-17-7-11-19(12-8-17)18-9-5-16(6-10-18)4-3-13-20/h5-12,14H,3-4,13H2,1-2H3. The van der Waals surface area contributed by atoms with Gasteiger partial charge in [0.15, 0.2) is 0 Å². The van der Waals surface area contributed by atoms with Crippen LogP contribution < -0.4 is 0 Å². The van der Waals surface area contributed by atoms with Crippen LogP contribution >= 0.6 is 22.6 Å². The molecular formula is C19H21I. The van der Waals surface area contributed by atoms with E-state index in [1.807, 2.05) is 0 Å². The largest absolute Gasteiger partial charge is 0.0864 e. The van der Waals surface area contributed by atoms with E-state index in [9.17, 15) is 0 Å². The van der Waals surface area contributed by atoms with E-state index in [0.717, 1.165) is 0 Å². The maximum Gasteiger partial charge on any atom is -0.000156 e. The van der Waals surface area contributed by atoms with E-state index in [-0.39, 0.29) is 0 Å². The van der Waals surface area contributed by atoms with Gasteiger partial charge in [0.25, 0.3) is 0 Å². The smallest absolute Gasteiger partial charge is 0.000156 e. The number of benzene rings is 2. The van der Waals surface area contributed by atoms with E-state index >= 15 is 0 Å². The Hall–Kier alpha value is -1.09. The van der Waals surface area contributed by atoms with Crippen LogP contribution in [0.15, 0.2) is 54.1 Å². The molecule has 2 rings (SSSR count). The normalized spacial score (nSPS) is 10.3. The van der Waals surface area contributed by atoms with Crippen LogP contribution in [0.2, 0.25) is 0 Å². The van der Waals surface area contributed by atoms with E-state index in [2.05, 4.69) is 91.0 Å². The predicted molar refractivity (Wildman–Crippen MR) is 98.4 cm³/mol. The summed E-state index contributed by atoms with van der Waals surface area (Å²) in [6.45, 7) is 4.25. The topological polar surface area (TPSA) is 0 Å². The van der Waals surface area contributed by atoms with Gasteiger partial charge < -0.3 is 0 Å². The van der Waals surface area contributed by atoms with Crippen LogP contribution in [0.1, 0.15) is 31.4 Å². The van der Waals surface area contributed by atoms with Gasteiger partial charge in [0.2, 0.25) is 0 Å². The van der Waals surface area contributed by atoms with Crippen molar-refractivity contribution in [1.29, 1.82) is 0 Å². The first kappa shape index (κ1) is 15.3. The van der Waals surface area contributed by atoms with Gasteiger partial charge in [-0.3, -0.25) is 0 Å². The van der Waals surface area contributed by atoms with Crippen molar-refractivity contribution in [3.05, 3.63) is 65.2 Å². The van der Waals surface area contributed by atoms with Crippen molar-refractivity contribution in [2.24, 2.45) is 0 Å². The molecule has 0 aliphatic rings. The van der Waals surface area contributed by atoms with E-state index < -0.39 is 0 Å². The Labute approximate surface area is 136 Å². The molecule has 2 aromatic carbocycles. The average molecular weight is 376 g/mol. The van der Waals surface area contributed by atoms with Crippen LogP contribution in [-0.4, -0.2) is 4.43 Å². The Morgan fingerprint density at radius 2 is 1.45 bits per heavy atom. The van der Waals surface area contributed by atoms with Crippen molar-refractivity contribution in [3.63, 3.8) is 0 Å². The number of hydrogen-bond acceptors (Lipinski definition) is 0. The van der Waals surface area contributed by atoms with E-state index in [1.54, 1.807) is 0 Å². The molecule has 0 saturated heterocycles. The van der Waals surface area contributed by atoms with Crippen LogP contribution in [0.5, 0.6) is 0 Å². The molecule has 104 valence electrons. The summed E-state index contributed by atoms with van der Waals surface area (Å²) in [6.07, 6.45) is 4.65. The number of aryl methyl sites for hydroxylation is 1. The minimum Gasteiger partial charge on any atom is -0.0864 e. The van der Waals surface area contributed by atoms with Gasteiger partial charge in [0, 0.05) is 0 Å². The Morgan fingerprint density at radius 1 is 0.900 bits per heavy atom. The van der Waals surface area contributed by atoms with Gasteiger partial charge in [-0.1, -0.05) is 82.8 Å². The first-order chi connectivity index (χ1) is 9.69. The summed E-state index contributed by atoms with van der Waals surface area (Å²) in [5, 5.41) is 0. The van der Waals surface area contributed by atoms with Crippen molar-refractivity contribution >= 4 is 28.7 Å². The lowest BCUT2D eigenvalue weighted by molar-refractivity contribution is 0.946. The Bertz CT molecular complexity index is 558. The van der Waals surface area contributed by atoms with Gasteiger partial charge in [-0.25, -0.2) is 0 Å². The zero-order valence-corrected chi connectivity index (χ0v) is 14.4. The lowest BCUT2D eigenvalue weighted by Crippen LogP contribution is -1.86. The summed E-state index contributed by atoms with van der Waals surface area (Å²) < 4.78 is 1.23. The third kappa shape index (κ3) is 4.48. The second-order valence-electron chi connectivity index (χ2n) is 5.33. The maximum absolute atomic E-state index is 2.44. The molecule has 0 spiro atoms. The molecular weight excluding hydrogens is 355 g/mol. The molecule has 1 heteroatoms. The molecule has 0 aromatic heterocycles. The first-order valence-corrected chi connectivity index (χ1v) is 8.62. The number of halogens is 1. The number of allylic oxidation sites excluding steroid dienone is 1. The highest BCUT2D eigenvalue weighted by Crippen LogP contribution is 2.21. The molecule has 0 amide bonds. The SMILES string of the molecule is CC(C)=Cc1ccc(-c2ccc(CCCI)cc2)cc1. The summed E-state index contributed by atoms with van der Waals surface area (Å²) in [6, 6.07) is 17.8. The molecule has 0 aliphatic carbocycles. The van der Waals surface area contributed by atoms with Gasteiger partial charge in [-0.15, -0.1) is 0 Å². The Kier molecular flexibility index (Phi) is 5.84. The third-order valence-corrected chi connectivity index (χ3v) is 4.02. The molecule has 0 nitrogen and oxygen atoms in total. The molecule has 0 bridgehead atoms. The fourth-order valence-corrected chi connectivity index (χ4v) is 2.62. The van der Waals surface area contributed by atoms with Crippen LogP contribution in [0.3, 0.4) is 0 Å². The highest BCUT2D eigenvalue weighted by atomic mass is 127. The molecule has 0 radical (unpaired) electrons. The third-order valence-electron chi connectivity index (χ3n) is 3.25. The summed E-state index contributed by atoms with van der Waals surface area (Å²) in [5.41, 5.74) is 6.62. The molecule has 0 fully saturated rings. The van der Waals surface area contributed by atoms with Gasteiger partial charge in [0.1, 0.15) is 0 Å². The second-order valence-corrected chi connectivity index (χ2v) is 6.41. The second kappa shape index (κ2) is 7.63. The summed E-state index contributed by atoms with van der Waals surface area (Å²) in [7, 11) is 0. The molecule has 0 unspecified atom stereocenters. The van der Waals surface area contributed by atoms with Crippen molar-refractivity contribution in [2.75, 3.05) is 4.43 Å². The van der Waals surface area contributed by atoms with Crippen molar-refractivity contribution < 1.29 is 0 Å². The van der Waals surface area contributed by atoms with Crippen molar-refractivity contribution in [3.8, 4) is 11.1 Å². The summed E-state index contributed by atoms with van der Waals surface area (Å²) in [4.78, 5) is 0. The Morgan fingerprint density at radius 3 is 1.95 bits per heavy atom. The lowest BCUT2D eigenvalue weighted by Gasteiger charge is -2.05. The lowest BCUT2D eigenvalue weighted by atomic mass is 10.0. The van der Waals surface area contributed by atoms with Crippen LogP contribution in [-0.2, 0) is 6.42 Å². The number of alkyl halides is 1. The highest BCUT2D eigenvalue weighted by molar-refractivity contribution is 14.1. The molecule has 0 N–H and O–H groups in total. The fourth-order valence-electron chi connectivity index (χ4n) is 2.24. The zero-order chi connectivity index (χ0) is 14.4. The molecule has 20 heavy (non-hydrogen) atoms. The molecule has 0 heterocycles. The van der Waals surface area contributed by atoms with Crippen LogP contribution in [0.4, 0.5) is 0 Å². The molecule has 0 aliphatic heterocycles. The molecule has 2 aromatic rings. The zero-order valence-electron chi connectivity index (χ0n) is 12.2. The highest BCUT2D eigenvalue weighted by Gasteiger charge is 1.98. The molecule has 0 saturated carbocycles. The van der Waals surface area contributed by atoms with Gasteiger partial charge in [-0.05, 0) is 53.4 Å². The van der Waals surface area contributed by atoms with Gasteiger partial charge in [-0.2, -0.15) is 0 Å². The average Bonchev–Trinajstić information content (AvgIpc) is 2.46. The number of hydrogen-bond donors (Lipinski definition) is 0. The monoisotopic (exact) mass is 376 g/mol. The van der Waals surface area contributed by atoms with Crippen molar-refractivity contribution in [1.82, 2.24) is 0 Å². The summed E-state index contributed by atoms with van der Waals surface area (Å²) >= 11 is 2.44. The van der Waals surface area contributed by atoms with Crippen molar-refractivity contribution in [2.45, 2.75) is 26.7 Å². The molecule has 0 atom stereocenters. The number of rotatable bonds is 5. The first-order valence-electron chi connectivity index (χ1n) is 7.09. The minimum absolute atomic E-state index is 1.18.